The Morgan fingerprint density at radius 1 is 1.15 bits per heavy atom. The summed E-state index contributed by atoms with van der Waals surface area (Å²) in [6, 6.07) is 10.8. The summed E-state index contributed by atoms with van der Waals surface area (Å²) in [5.41, 5.74) is 0.893. The second-order valence-corrected chi connectivity index (χ2v) is 9.77. The molecule has 0 bridgehead atoms. The standard InChI is InChI=1S/C22H26ClN3O6S/c1-4-18(22(28)24-2)25(12-15-7-5-6-8-17(15)23)21(27)13-26(33(3,29)30)16-9-10-19-20(11-16)32-14-31-19/h5-11,18H,4,12-14H2,1-3H3,(H,24,28). The number of nitrogens with one attached hydrogen (secondary N) is 1. The van der Waals surface area contributed by atoms with Crippen molar-refractivity contribution in [2.24, 2.45) is 0 Å². The van der Waals surface area contributed by atoms with Gasteiger partial charge in [0.05, 0.1) is 11.9 Å². The first-order valence-corrected chi connectivity index (χ1v) is 12.5. The van der Waals surface area contributed by atoms with Crippen molar-refractivity contribution in [3.63, 3.8) is 0 Å². The number of rotatable bonds is 9. The third-order valence-corrected chi connectivity index (χ3v) is 6.76. The topological polar surface area (TPSA) is 105 Å². The number of fused-ring (bicyclic) bond motifs is 1. The number of ether oxygens (including phenoxy) is 2. The fourth-order valence-corrected chi connectivity index (χ4v) is 4.59. The van der Waals surface area contributed by atoms with Crippen LogP contribution in [0.5, 0.6) is 11.5 Å². The van der Waals surface area contributed by atoms with Gasteiger partial charge >= 0.3 is 0 Å². The number of hydrogen-bond acceptors (Lipinski definition) is 6. The smallest absolute Gasteiger partial charge is 0.244 e. The van der Waals surface area contributed by atoms with Gasteiger partial charge < -0.3 is 19.7 Å². The zero-order valence-corrected chi connectivity index (χ0v) is 20.1. The molecule has 2 amide bonds. The number of anilines is 1. The van der Waals surface area contributed by atoms with Gasteiger partial charge in [0.25, 0.3) is 0 Å². The highest BCUT2D eigenvalue weighted by Gasteiger charge is 2.32. The highest BCUT2D eigenvalue weighted by molar-refractivity contribution is 7.92. The maximum atomic E-state index is 13.5. The number of amides is 2. The predicted molar refractivity (Wildman–Crippen MR) is 125 cm³/mol. The summed E-state index contributed by atoms with van der Waals surface area (Å²) in [6.45, 7) is 1.35. The van der Waals surface area contributed by atoms with Crippen LogP contribution in [0.1, 0.15) is 18.9 Å². The molecule has 2 aromatic carbocycles. The first-order chi connectivity index (χ1) is 15.7. The maximum absolute atomic E-state index is 13.5. The lowest BCUT2D eigenvalue weighted by Crippen LogP contribution is -2.51. The van der Waals surface area contributed by atoms with Crippen molar-refractivity contribution in [1.29, 1.82) is 0 Å². The normalized spacial score (nSPS) is 13.3. The Kier molecular flexibility index (Phi) is 7.70. The van der Waals surface area contributed by atoms with Crippen molar-refractivity contribution in [3.8, 4) is 11.5 Å². The number of carbonyl (C=O) groups is 2. The number of nitrogens with zero attached hydrogens (tertiary/aromatic N) is 2. The first-order valence-electron chi connectivity index (χ1n) is 10.3. The van der Waals surface area contributed by atoms with Crippen LogP contribution in [0.15, 0.2) is 42.5 Å². The number of halogens is 1. The van der Waals surface area contributed by atoms with Crippen LogP contribution in [0.3, 0.4) is 0 Å². The minimum absolute atomic E-state index is 0.0342. The fourth-order valence-electron chi connectivity index (χ4n) is 3.55. The molecule has 0 aromatic heterocycles. The van der Waals surface area contributed by atoms with E-state index >= 15 is 0 Å². The van der Waals surface area contributed by atoms with Gasteiger partial charge in [-0.25, -0.2) is 8.42 Å². The quantitative estimate of drug-likeness (QED) is 0.572. The summed E-state index contributed by atoms with van der Waals surface area (Å²) in [6.07, 6.45) is 1.35. The summed E-state index contributed by atoms with van der Waals surface area (Å²) < 4.78 is 36.8. The van der Waals surface area contributed by atoms with Crippen LogP contribution in [0.2, 0.25) is 5.02 Å². The molecule has 1 aliphatic heterocycles. The Hall–Kier alpha value is -2.98. The summed E-state index contributed by atoms with van der Waals surface area (Å²) in [5, 5.41) is 3.01. The zero-order chi connectivity index (χ0) is 24.2. The van der Waals surface area contributed by atoms with Crippen molar-refractivity contribution < 1.29 is 27.5 Å². The highest BCUT2D eigenvalue weighted by atomic mass is 35.5. The van der Waals surface area contributed by atoms with Gasteiger partial charge in [-0.3, -0.25) is 13.9 Å². The molecule has 178 valence electrons. The van der Waals surface area contributed by atoms with Crippen molar-refractivity contribution in [3.05, 3.63) is 53.1 Å². The van der Waals surface area contributed by atoms with Gasteiger partial charge in [-0.1, -0.05) is 36.7 Å². The van der Waals surface area contributed by atoms with E-state index in [0.717, 1.165) is 10.6 Å². The summed E-state index contributed by atoms with van der Waals surface area (Å²) in [4.78, 5) is 27.4. The lowest BCUT2D eigenvalue weighted by Gasteiger charge is -2.32. The Labute approximate surface area is 198 Å². The Balaban J connectivity index is 1.95. The molecule has 0 spiro atoms. The first kappa shape index (κ1) is 24.7. The minimum atomic E-state index is -3.84. The van der Waals surface area contributed by atoms with Crippen molar-refractivity contribution in [1.82, 2.24) is 10.2 Å². The van der Waals surface area contributed by atoms with Crippen LogP contribution in [-0.4, -0.2) is 57.8 Å². The molecule has 0 saturated heterocycles. The molecular weight excluding hydrogens is 470 g/mol. The average Bonchev–Trinajstić information content (AvgIpc) is 3.25. The van der Waals surface area contributed by atoms with E-state index in [1.165, 1.54) is 24.1 Å². The zero-order valence-electron chi connectivity index (χ0n) is 18.6. The SMILES string of the molecule is CCC(C(=O)NC)N(Cc1ccccc1Cl)C(=O)CN(c1ccc2c(c1)OCO2)S(C)(=O)=O. The van der Waals surface area contributed by atoms with E-state index in [9.17, 15) is 18.0 Å². The van der Waals surface area contributed by atoms with E-state index in [0.29, 0.717) is 28.5 Å². The van der Waals surface area contributed by atoms with Gasteiger partial charge in [0.2, 0.25) is 28.6 Å². The molecule has 1 aliphatic rings. The number of hydrogen-bond donors (Lipinski definition) is 1. The van der Waals surface area contributed by atoms with Crippen LogP contribution >= 0.6 is 11.6 Å². The average molecular weight is 496 g/mol. The molecule has 1 atom stereocenters. The molecule has 3 rings (SSSR count). The molecule has 33 heavy (non-hydrogen) atoms. The largest absolute Gasteiger partial charge is 0.454 e. The minimum Gasteiger partial charge on any atom is -0.454 e. The second-order valence-electron chi connectivity index (χ2n) is 7.46. The van der Waals surface area contributed by atoms with Crippen LogP contribution < -0.4 is 19.1 Å². The molecule has 0 saturated carbocycles. The van der Waals surface area contributed by atoms with Crippen LogP contribution in [0.4, 0.5) is 5.69 Å². The van der Waals surface area contributed by atoms with Gasteiger partial charge in [-0.2, -0.15) is 0 Å². The molecule has 2 aromatic rings. The van der Waals surface area contributed by atoms with Crippen molar-refractivity contribution in [2.75, 3.05) is 30.9 Å². The molecular formula is C22H26ClN3O6S. The van der Waals surface area contributed by atoms with E-state index in [1.807, 2.05) is 0 Å². The van der Waals surface area contributed by atoms with Crippen LogP contribution in [0, 0.1) is 0 Å². The second kappa shape index (κ2) is 10.3. The van der Waals surface area contributed by atoms with E-state index < -0.39 is 28.5 Å². The monoisotopic (exact) mass is 495 g/mol. The molecule has 0 aliphatic carbocycles. The summed E-state index contributed by atoms with van der Waals surface area (Å²) in [5.74, 6) is -0.0248. The summed E-state index contributed by atoms with van der Waals surface area (Å²) in [7, 11) is -2.36. The summed E-state index contributed by atoms with van der Waals surface area (Å²) >= 11 is 6.29. The number of benzene rings is 2. The Morgan fingerprint density at radius 2 is 1.85 bits per heavy atom. The maximum Gasteiger partial charge on any atom is 0.244 e. The molecule has 1 unspecified atom stereocenters. The van der Waals surface area contributed by atoms with E-state index in [1.54, 1.807) is 37.3 Å². The van der Waals surface area contributed by atoms with Gasteiger partial charge in [0.1, 0.15) is 12.6 Å². The molecule has 0 fully saturated rings. The highest BCUT2D eigenvalue weighted by Crippen LogP contribution is 2.36. The van der Waals surface area contributed by atoms with E-state index in [-0.39, 0.29) is 24.9 Å². The molecule has 0 radical (unpaired) electrons. The van der Waals surface area contributed by atoms with Gasteiger partial charge in [-0.15, -0.1) is 0 Å². The third kappa shape index (κ3) is 5.69. The van der Waals surface area contributed by atoms with Gasteiger partial charge in [0.15, 0.2) is 11.5 Å². The predicted octanol–water partition coefficient (Wildman–Crippen LogP) is 2.39. The molecule has 9 nitrogen and oxygen atoms in total. The van der Waals surface area contributed by atoms with E-state index in [4.69, 9.17) is 21.1 Å². The molecule has 11 heteroatoms. The lowest BCUT2D eigenvalue weighted by molar-refractivity contribution is -0.140. The van der Waals surface area contributed by atoms with Crippen LogP contribution in [0.25, 0.3) is 0 Å². The Morgan fingerprint density at radius 3 is 2.48 bits per heavy atom. The van der Waals surface area contributed by atoms with Crippen molar-refractivity contribution >= 4 is 39.1 Å². The number of sulfonamides is 1. The molecule has 1 heterocycles. The fraction of sp³-hybridized carbons (Fsp3) is 0.364. The van der Waals surface area contributed by atoms with E-state index in [2.05, 4.69) is 5.32 Å². The Bertz CT molecular complexity index is 1140. The van der Waals surface area contributed by atoms with Gasteiger partial charge in [0, 0.05) is 24.7 Å². The van der Waals surface area contributed by atoms with Crippen LogP contribution in [-0.2, 0) is 26.2 Å². The van der Waals surface area contributed by atoms with Crippen molar-refractivity contribution in [2.45, 2.75) is 25.9 Å². The number of likely N-dealkylation sites (N-methyl/N-ethyl adjacent to an activating group) is 1. The third-order valence-electron chi connectivity index (χ3n) is 5.25. The van der Waals surface area contributed by atoms with Gasteiger partial charge in [-0.05, 0) is 30.2 Å². The number of carbonyl (C=O) groups excluding carboxylic acids is 2. The lowest BCUT2D eigenvalue weighted by atomic mass is 10.1. The molecule has 1 N–H and O–H groups in total.